The number of nitrogens with zero attached hydrogens (tertiary/aromatic N) is 4. The molecule has 4 aromatic rings. The molecule has 184 valence electrons. The van der Waals surface area contributed by atoms with Gasteiger partial charge in [0.25, 0.3) is 10.0 Å². The van der Waals surface area contributed by atoms with E-state index in [2.05, 4.69) is 29.7 Å². The number of methoxy groups -OCH3 is 1. The summed E-state index contributed by atoms with van der Waals surface area (Å²) in [5.41, 5.74) is 2.12. The predicted octanol–water partition coefficient (Wildman–Crippen LogP) is 1.97. The number of anilines is 3. The molecule has 0 aliphatic heterocycles. The quantitative estimate of drug-likeness (QED) is 0.302. The zero-order valence-electron chi connectivity index (χ0n) is 19.0. The van der Waals surface area contributed by atoms with E-state index in [-0.39, 0.29) is 23.2 Å². The first kappa shape index (κ1) is 24.4. The minimum atomic E-state index is -4.05. The van der Waals surface area contributed by atoms with Gasteiger partial charge in [-0.05, 0) is 29.8 Å². The Bertz CT molecular complexity index is 1600. The number of hydrogen-bond donors (Lipinski definition) is 3. The SMILES string of the molecule is COc1cc(CNS(C)(=O)=O)cc(Nc2nc3ccccc3nc2NS(=O)(=O)c2cn(C)cn2)c1. The Morgan fingerprint density at radius 2 is 1.69 bits per heavy atom. The van der Waals surface area contributed by atoms with Crippen molar-refractivity contribution in [3.05, 3.63) is 60.6 Å². The van der Waals surface area contributed by atoms with E-state index in [1.807, 2.05) is 0 Å². The van der Waals surface area contributed by atoms with Gasteiger partial charge in [-0.25, -0.2) is 28.1 Å². The van der Waals surface area contributed by atoms with Crippen molar-refractivity contribution in [1.82, 2.24) is 24.2 Å². The molecule has 12 nitrogen and oxygen atoms in total. The Labute approximate surface area is 202 Å². The van der Waals surface area contributed by atoms with Gasteiger partial charge in [0.05, 0.1) is 30.7 Å². The van der Waals surface area contributed by atoms with Crippen LogP contribution in [0.25, 0.3) is 11.0 Å². The van der Waals surface area contributed by atoms with Crippen LogP contribution in [0.4, 0.5) is 17.3 Å². The average Bonchev–Trinajstić information content (AvgIpc) is 3.24. The Morgan fingerprint density at radius 1 is 1.00 bits per heavy atom. The molecule has 2 heterocycles. The van der Waals surface area contributed by atoms with E-state index in [4.69, 9.17) is 4.74 Å². The lowest BCUT2D eigenvalue weighted by Crippen LogP contribution is -2.21. The van der Waals surface area contributed by atoms with Crippen molar-refractivity contribution >= 4 is 48.4 Å². The Hall–Kier alpha value is -3.75. The van der Waals surface area contributed by atoms with Gasteiger partial charge in [0, 0.05) is 31.5 Å². The monoisotopic (exact) mass is 517 g/mol. The lowest BCUT2D eigenvalue weighted by Gasteiger charge is -2.15. The number of imidazole rings is 1. The third-order valence-electron chi connectivity index (χ3n) is 4.76. The fraction of sp³-hybridized carbons (Fsp3) is 0.190. The van der Waals surface area contributed by atoms with Crippen molar-refractivity contribution in [2.24, 2.45) is 7.05 Å². The van der Waals surface area contributed by atoms with E-state index in [1.54, 1.807) is 49.5 Å². The molecular weight excluding hydrogens is 494 g/mol. The average molecular weight is 518 g/mol. The molecule has 2 aromatic heterocycles. The normalized spacial score (nSPS) is 12.0. The summed E-state index contributed by atoms with van der Waals surface area (Å²) in [4.78, 5) is 12.9. The zero-order valence-corrected chi connectivity index (χ0v) is 20.7. The van der Waals surface area contributed by atoms with Crippen molar-refractivity contribution in [3.63, 3.8) is 0 Å². The highest BCUT2D eigenvalue weighted by molar-refractivity contribution is 7.92. The van der Waals surface area contributed by atoms with Gasteiger partial charge in [0.15, 0.2) is 16.7 Å². The summed E-state index contributed by atoms with van der Waals surface area (Å²) in [5.74, 6) is 0.566. The summed E-state index contributed by atoms with van der Waals surface area (Å²) < 4.78 is 60.6. The van der Waals surface area contributed by atoms with E-state index >= 15 is 0 Å². The number of para-hydroxylation sites is 2. The van der Waals surface area contributed by atoms with E-state index in [0.717, 1.165) is 6.26 Å². The molecule has 35 heavy (non-hydrogen) atoms. The maximum Gasteiger partial charge on any atom is 0.282 e. The van der Waals surface area contributed by atoms with E-state index < -0.39 is 20.0 Å². The molecule has 3 N–H and O–H groups in total. The fourth-order valence-corrected chi connectivity index (χ4v) is 4.59. The first-order chi connectivity index (χ1) is 16.5. The van der Waals surface area contributed by atoms with Crippen molar-refractivity contribution in [1.29, 1.82) is 0 Å². The van der Waals surface area contributed by atoms with Crippen molar-refractivity contribution in [3.8, 4) is 5.75 Å². The molecule has 0 radical (unpaired) electrons. The van der Waals surface area contributed by atoms with Gasteiger partial charge in [-0.3, -0.25) is 4.72 Å². The molecule has 0 spiro atoms. The highest BCUT2D eigenvalue weighted by atomic mass is 32.2. The maximum atomic E-state index is 12.9. The molecule has 2 aromatic carbocycles. The van der Waals surface area contributed by atoms with Crippen LogP contribution in [-0.4, -0.2) is 49.7 Å². The maximum absolute atomic E-state index is 12.9. The molecule has 14 heteroatoms. The molecule has 0 unspecified atom stereocenters. The van der Waals surface area contributed by atoms with Crippen LogP contribution in [-0.2, 0) is 33.6 Å². The summed E-state index contributed by atoms with van der Waals surface area (Å²) in [6.07, 6.45) is 3.81. The molecule has 0 saturated heterocycles. The largest absolute Gasteiger partial charge is 0.497 e. The van der Waals surface area contributed by atoms with Gasteiger partial charge in [-0.1, -0.05) is 12.1 Å². The van der Waals surface area contributed by atoms with Crippen LogP contribution in [0.2, 0.25) is 0 Å². The van der Waals surface area contributed by atoms with E-state index in [9.17, 15) is 16.8 Å². The van der Waals surface area contributed by atoms with Gasteiger partial charge in [-0.2, -0.15) is 8.42 Å². The zero-order chi connectivity index (χ0) is 25.2. The number of rotatable bonds is 9. The number of ether oxygens (including phenoxy) is 1. The number of nitrogens with one attached hydrogen (secondary N) is 3. The fourth-order valence-electron chi connectivity index (χ4n) is 3.17. The molecule has 0 atom stereocenters. The van der Waals surface area contributed by atoms with Crippen molar-refractivity contribution in [2.45, 2.75) is 11.6 Å². The van der Waals surface area contributed by atoms with Crippen LogP contribution in [0.1, 0.15) is 5.56 Å². The third kappa shape index (κ3) is 6.03. The van der Waals surface area contributed by atoms with Crippen molar-refractivity contribution < 1.29 is 21.6 Å². The second-order valence-electron chi connectivity index (χ2n) is 7.68. The number of aromatic nitrogens is 4. The van der Waals surface area contributed by atoms with Crippen LogP contribution >= 0.6 is 0 Å². The minimum absolute atomic E-state index is 0.0343. The molecule has 4 rings (SSSR count). The number of sulfonamides is 2. The van der Waals surface area contributed by atoms with Gasteiger partial charge in [0.1, 0.15) is 5.75 Å². The number of aryl methyl sites for hydroxylation is 1. The van der Waals surface area contributed by atoms with Gasteiger partial charge in [-0.15, -0.1) is 0 Å². The molecule has 0 bridgehead atoms. The molecule has 0 amide bonds. The highest BCUT2D eigenvalue weighted by Crippen LogP contribution is 2.29. The second kappa shape index (κ2) is 9.48. The Balaban J connectivity index is 1.74. The summed E-state index contributed by atoms with van der Waals surface area (Å²) in [6.45, 7) is 0.0350. The minimum Gasteiger partial charge on any atom is -0.497 e. The molecule has 0 aliphatic rings. The summed E-state index contributed by atoms with van der Waals surface area (Å²) in [6, 6.07) is 12.1. The second-order valence-corrected chi connectivity index (χ2v) is 11.1. The first-order valence-electron chi connectivity index (χ1n) is 10.2. The van der Waals surface area contributed by atoms with Crippen LogP contribution in [0, 0.1) is 0 Å². The number of benzene rings is 2. The lowest BCUT2D eigenvalue weighted by molar-refractivity contribution is 0.414. The molecular formula is C21H23N7O5S2. The van der Waals surface area contributed by atoms with Crippen molar-refractivity contribution in [2.75, 3.05) is 23.4 Å². The van der Waals surface area contributed by atoms with Crippen LogP contribution in [0.5, 0.6) is 5.75 Å². The highest BCUT2D eigenvalue weighted by Gasteiger charge is 2.21. The van der Waals surface area contributed by atoms with Gasteiger partial charge >= 0.3 is 0 Å². The van der Waals surface area contributed by atoms with Crippen LogP contribution in [0.15, 0.2) is 60.0 Å². The Kier molecular flexibility index (Phi) is 6.60. The number of fused-ring (bicyclic) bond motifs is 1. The standard InChI is InChI=1S/C21H23N7O5S2/c1-28-12-19(22-13-28)35(31,32)27-21-20(25-17-6-4-5-7-18(17)26-21)24-15-8-14(9-16(10-15)33-2)11-23-34(3,29)30/h4-10,12-13,23H,11H2,1-3H3,(H,24,25)(H,26,27). The first-order valence-corrected chi connectivity index (χ1v) is 13.6. The predicted molar refractivity (Wildman–Crippen MR) is 132 cm³/mol. The smallest absolute Gasteiger partial charge is 0.282 e. The van der Waals surface area contributed by atoms with Crippen LogP contribution in [0.3, 0.4) is 0 Å². The molecule has 0 saturated carbocycles. The van der Waals surface area contributed by atoms with Gasteiger partial charge < -0.3 is 14.6 Å². The lowest BCUT2D eigenvalue weighted by atomic mass is 10.2. The van der Waals surface area contributed by atoms with E-state index in [0.29, 0.717) is 28.0 Å². The van der Waals surface area contributed by atoms with E-state index in [1.165, 1.54) is 24.2 Å². The molecule has 0 fully saturated rings. The summed E-state index contributed by atoms with van der Waals surface area (Å²) >= 11 is 0. The van der Waals surface area contributed by atoms with Crippen LogP contribution < -0.4 is 19.5 Å². The third-order valence-corrected chi connectivity index (χ3v) is 6.65. The topological polar surface area (TPSA) is 157 Å². The summed E-state index contributed by atoms with van der Waals surface area (Å²) in [5, 5.41) is 2.90. The number of hydrogen-bond acceptors (Lipinski definition) is 9. The molecule has 0 aliphatic carbocycles. The summed E-state index contributed by atoms with van der Waals surface area (Å²) in [7, 11) is -4.31. The Morgan fingerprint density at radius 3 is 2.29 bits per heavy atom. The van der Waals surface area contributed by atoms with Gasteiger partial charge in [0.2, 0.25) is 10.0 Å².